The van der Waals surface area contributed by atoms with Gasteiger partial charge in [-0.15, -0.1) is 0 Å². The topological polar surface area (TPSA) is 56.1 Å². The molecule has 1 N–H and O–H groups in total. The molecule has 1 saturated carbocycles. The van der Waals surface area contributed by atoms with Crippen LogP contribution in [-0.4, -0.2) is 15.5 Å². The number of benzene rings is 1. The summed E-state index contributed by atoms with van der Waals surface area (Å²) >= 11 is 0. The maximum Gasteiger partial charge on any atom is 0.257 e. The first kappa shape index (κ1) is 18.3. The van der Waals surface area contributed by atoms with Gasteiger partial charge in [0.15, 0.2) is 0 Å². The number of aromatic nitrogens is 2. The van der Waals surface area contributed by atoms with E-state index >= 15 is 0 Å². The Kier molecular flexibility index (Phi) is 4.67. The summed E-state index contributed by atoms with van der Waals surface area (Å²) in [6, 6.07) is 12.0. The Labute approximate surface area is 165 Å². The summed E-state index contributed by atoms with van der Waals surface area (Å²) in [6.45, 7) is 8.12. The smallest absolute Gasteiger partial charge is 0.257 e. The number of anilines is 1. The zero-order chi connectivity index (χ0) is 19.8. The van der Waals surface area contributed by atoms with Crippen LogP contribution in [0.5, 0.6) is 11.6 Å². The molecular formula is C23H25N3O2. The highest BCUT2D eigenvalue weighted by molar-refractivity contribution is 6.06. The van der Waals surface area contributed by atoms with Gasteiger partial charge >= 0.3 is 0 Å². The SMILES string of the molecule is Cc1cccc(Oc2ncccc2NC(=O)c2cc(C)n(C3CC3)c2C)c1C. The minimum absolute atomic E-state index is 0.140. The van der Waals surface area contributed by atoms with Gasteiger partial charge in [-0.25, -0.2) is 4.98 Å². The van der Waals surface area contributed by atoms with E-state index in [2.05, 4.69) is 21.8 Å². The minimum atomic E-state index is -0.140. The molecular weight excluding hydrogens is 350 g/mol. The maximum atomic E-state index is 13.0. The fourth-order valence-electron chi connectivity index (χ4n) is 3.60. The van der Waals surface area contributed by atoms with Gasteiger partial charge in [0.1, 0.15) is 11.4 Å². The predicted molar refractivity (Wildman–Crippen MR) is 110 cm³/mol. The molecule has 0 unspecified atom stereocenters. The molecule has 1 aliphatic rings. The molecule has 4 rings (SSSR count). The van der Waals surface area contributed by atoms with Crippen LogP contribution in [0.15, 0.2) is 42.6 Å². The molecule has 2 heterocycles. The lowest BCUT2D eigenvalue weighted by molar-refractivity contribution is 0.102. The Hall–Kier alpha value is -3.08. The van der Waals surface area contributed by atoms with Crippen LogP contribution in [0.4, 0.5) is 5.69 Å². The van der Waals surface area contributed by atoms with Crippen molar-refractivity contribution >= 4 is 11.6 Å². The maximum absolute atomic E-state index is 13.0. The molecule has 1 amide bonds. The van der Waals surface area contributed by atoms with Crippen LogP contribution in [0.2, 0.25) is 0 Å². The number of amides is 1. The Morgan fingerprint density at radius 2 is 1.93 bits per heavy atom. The van der Waals surface area contributed by atoms with E-state index in [1.807, 2.05) is 51.1 Å². The lowest BCUT2D eigenvalue weighted by Gasteiger charge is -2.13. The number of hydrogen-bond acceptors (Lipinski definition) is 3. The van der Waals surface area contributed by atoms with Crippen molar-refractivity contribution in [3.63, 3.8) is 0 Å². The molecule has 1 fully saturated rings. The zero-order valence-corrected chi connectivity index (χ0v) is 16.7. The van der Waals surface area contributed by atoms with Gasteiger partial charge in [0.25, 0.3) is 5.91 Å². The number of ether oxygens (including phenoxy) is 1. The van der Waals surface area contributed by atoms with Crippen LogP contribution in [0.25, 0.3) is 0 Å². The Morgan fingerprint density at radius 1 is 1.14 bits per heavy atom. The summed E-state index contributed by atoms with van der Waals surface area (Å²) in [4.78, 5) is 17.3. The van der Waals surface area contributed by atoms with Gasteiger partial charge in [0, 0.05) is 23.6 Å². The highest BCUT2D eigenvalue weighted by Gasteiger charge is 2.28. The van der Waals surface area contributed by atoms with Gasteiger partial charge < -0.3 is 14.6 Å². The normalized spacial score (nSPS) is 13.4. The van der Waals surface area contributed by atoms with Crippen molar-refractivity contribution in [3.8, 4) is 11.6 Å². The molecule has 1 aliphatic carbocycles. The average Bonchev–Trinajstić information content (AvgIpc) is 3.45. The first-order valence-electron chi connectivity index (χ1n) is 9.64. The second-order valence-electron chi connectivity index (χ2n) is 7.50. The average molecular weight is 375 g/mol. The lowest BCUT2D eigenvalue weighted by atomic mass is 10.1. The Bertz CT molecular complexity index is 1050. The number of rotatable bonds is 5. The summed E-state index contributed by atoms with van der Waals surface area (Å²) in [5.41, 5.74) is 5.60. The molecule has 0 saturated heterocycles. The van der Waals surface area contributed by atoms with E-state index in [4.69, 9.17) is 4.74 Å². The molecule has 0 radical (unpaired) electrons. The van der Waals surface area contributed by atoms with Gasteiger partial charge in [-0.3, -0.25) is 4.79 Å². The van der Waals surface area contributed by atoms with Crippen LogP contribution in [0, 0.1) is 27.7 Å². The van der Waals surface area contributed by atoms with Crippen molar-refractivity contribution in [2.24, 2.45) is 0 Å². The van der Waals surface area contributed by atoms with E-state index in [-0.39, 0.29) is 5.91 Å². The van der Waals surface area contributed by atoms with Gasteiger partial charge in [-0.05, 0) is 75.9 Å². The van der Waals surface area contributed by atoms with Crippen LogP contribution in [0.3, 0.4) is 0 Å². The zero-order valence-electron chi connectivity index (χ0n) is 16.7. The van der Waals surface area contributed by atoms with Gasteiger partial charge in [-0.2, -0.15) is 0 Å². The van der Waals surface area contributed by atoms with Gasteiger partial charge in [-0.1, -0.05) is 12.1 Å². The van der Waals surface area contributed by atoms with Gasteiger partial charge in [0.2, 0.25) is 5.88 Å². The molecule has 0 aliphatic heterocycles. The lowest BCUT2D eigenvalue weighted by Crippen LogP contribution is -2.14. The first-order valence-corrected chi connectivity index (χ1v) is 9.64. The molecule has 5 heteroatoms. The molecule has 3 aromatic rings. The van der Waals surface area contributed by atoms with Crippen LogP contribution in [-0.2, 0) is 0 Å². The third kappa shape index (κ3) is 3.40. The number of nitrogens with one attached hydrogen (secondary N) is 1. The fraction of sp³-hybridized carbons (Fsp3) is 0.304. The summed E-state index contributed by atoms with van der Waals surface area (Å²) in [7, 11) is 0. The second kappa shape index (κ2) is 7.15. The van der Waals surface area contributed by atoms with Crippen LogP contribution < -0.4 is 10.1 Å². The van der Waals surface area contributed by atoms with E-state index in [0.29, 0.717) is 23.2 Å². The largest absolute Gasteiger partial charge is 0.437 e. The predicted octanol–water partition coefficient (Wildman–Crippen LogP) is 5.50. The van der Waals surface area contributed by atoms with Crippen molar-refractivity contribution in [3.05, 3.63) is 70.7 Å². The highest BCUT2D eigenvalue weighted by atomic mass is 16.5. The highest BCUT2D eigenvalue weighted by Crippen LogP contribution is 2.38. The summed E-state index contributed by atoms with van der Waals surface area (Å²) in [5.74, 6) is 0.987. The second-order valence-corrected chi connectivity index (χ2v) is 7.50. The van der Waals surface area contributed by atoms with E-state index in [9.17, 15) is 4.79 Å². The van der Waals surface area contributed by atoms with Crippen molar-refractivity contribution in [1.82, 2.24) is 9.55 Å². The Balaban J connectivity index is 1.60. The van der Waals surface area contributed by atoms with E-state index in [1.165, 1.54) is 12.8 Å². The molecule has 1 aromatic carbocycles. The number of carbonyl (C=O) groups excluding carboxylic acids is 1. The number of pyridine rings is 1. The molecule has 144 valence electrons. The summed E-state index contributed by atoms with van der Waals surface area (Å²) in [5, 5.41) is 2.98. The fourth-order valence-corrected chi connectivity index (χ4v) is 3.60. The first-order chi connectivity index (χ1) is 13.5. The third-order valence-corrected chi connectivity index (χ3v) is 5.42. The molecule has 0 spiro atoms. The standard InChI is InChI=1S/C23H25N3O2/c1-14-7-5-9-21(16(14)3)28-23-20(8-6-12-24-23)25-22(27)19-13-15(2)26(17(19)4)18-10-11-18/h5-9,12-13,18H,10-11H2,1-4H3,(H,25,27). The molecule has 0 atom stereocenters. The molecule has 28 heavy (non-hydrogen) atoms. The number of aryl methyl sites for hydroxylation is 2. The molecule has 0 bridgehead atoms. The van der Waals surface area contributed by atoms with E-state index < -0.39 is 0 Å². The van der Waals surface area contributed by atoms with Crippen LogP contribution in [0.1, 0.15) is 51.8 Å². The quantitative estimate of drug-likeness (QED) is 0.641. The summed E-state index contributed by atoms with van der Waals surface area (Å²) in [6.07, 6.45) is 4.04. The summed E-state index contributed by atoms with van der Waals surface area (Å²) < 4.78 is 8.30. The van der Waals surface area contributed by atoms with Gasteiger partial charge in [0.05, 0.1) is 5.56 Å². The number of nitrogens with zero attached hydrogens (tertiary/aromatic N) is 2. The minimum Gasteiger partial charge on any atom is -0.437 e. The molecule has 2 aromatic heterocycles. The van der Waals surface area contributed by atoms with E-state index in [1.54, 1.807) is 12.3 Å². The van der Waals surface area contributed by atoms with Crippen molar-refractivity contribution < 1.29 is 9.53 Å². The van der Waals surface area contributed by atoms with E-state index in [0.717, 1.165) is 28.3 Å². The van der Waals surface area contributed by atoms with Crippen molar-refractivity contribution in [1.29, 1.82) is 0 Å². The monoisotopic (exact) mass is 375 g/mol. The third-order valence-electron chi connectivity index (χ3n) is 5.42. The number of carbonyl (C=O) groups is 1. The molecule has 5 nitrogen and oxygen atoms in total. The number of hydrogen-bond donors (Lipinski definition) is 1. The van der Waals surface area contributed by atoms with Crippen molar-refractivity contribution in [2.75, 3.05) is 5.32 Å². The van der Waals surface area contributed by atoms with Crippen LogP contribution >= 0.6 is 0 Å². The Morgan fingerprint density at radius 3 is 2.68 bits per heavy atom. The van der Waals surface area contributed by atoms with Crippen molar-refractivity contribution in [2.45, 2.75) is 46.6 Å².